The molecule has 1 aromatic heterocycles. The Labute approximate surface area is 66.3 Å². The molecule has 2 rings (SSSR count). The van der Waals surface area contributed by atoms with Crippen molar-refractivity contribution in [3.63, 3.8) is 0 Å². The van der Waals surface area contributed by atoms with Crippen molar-refractivity contribution in [1.82, 2.24) is 0 Å². The SMILES string of the molecule is CBc1cccc2occc12. The van der Waals surface area contributed by atoms with E-state index in [0.717, 1.165) is 12.9 Å². The smallest absolute Gasteiger partial charge is 0.155 e. The number of rotatable bonds is 1. The van der Waals surface area contributed by atoms with Crippen LogP contribution in [0.15, 0.2) is 34.9 Å². The van der Waals surface area contributed by atoms with E-state index < -0.39 is 0 Å². The van der Waals surface area contributed by atoms with Crippen LogP contribution in [0.25, 0.3) is 11.0 Å². The van der Waals surface area contributed by atoms with Crippen LogP contribution in [-0.2, 0) is 0 Å². The summed E-state index contributed by atoms with van der Waals surface area (Å²) in [5, 5.41) is 1.25. The zero-order valence-corrected chi connectivity index (χ0v) is 6.50. The lowest BCUT2D eigenvalue weighted by atomic mass is 9.72. The molecular formula is C9H9BO. The summed E-state index contributed by atoms with van der Waals surface area (Å²) in [5.41, 5.74) is 2.35. The highest BCUT2D eigenvalue weighted by molar-refractivity contribution is 6.55. The van der Waals surface area contributed by atoms with Crippen molar-refractivity contribution in [3.8, 4) is 0 Å². The molecule has 0 saturated heterocycles. The number of hydrogen-bond donors (Lipinski definition) is 0. The van der Waals surface area contributed by atoms with Gasteiger partial charge in [-0.1, -0.05) is 24.4 Å². The maximum Gasteiger partial charge on any atom is 0.155 e. The van der Waals surface area contributed by atoms with Crippen molar-refractivity contribution < 1.29 is 4.42 Å². The molecule has 0 bridgehead atoms. The van der Waals surface area contributed by atoms with Gasteiger partial charge in [0.25, 0.3) is 0 Å². The summed E-state index contributed by atoms with van der Waals surface area (Å²) in [6, 6.07) is 8.19. The van der Waals surface area contributed by atoms with Crippen molar-refractivity contribution in [2.45, 2.75) is 6.82 Å². The first-order valence-electron chi connectivity index (χ1n) is 3.87. The average Bonchev–Trinajstić information content (AvgIpc) is 2.50. The zero-order valence-electron chi connectivity index (χ0n) is 6.50. The van der Waals surface area contributed by atoms with Crippen LogP contribution in [0.2, 0.25) is 6.82 Å². The maximum atomic E-state index is 5.26. The Hall–Kier alpha value is -1.18. The molecule has 0 N–H and O–H groups in total. The molecule has 11 heavy (non-hydrogen) atoms. The third kappa shape index (κ3) is 0.948. The fourth-order valence-electron chi connectivity index (χ4n) is 1.37. The molecule has 1 aromatic carbocycles. The lowest BCUT2D eigenvalue weighted by molar-refractivity contribution is 0.616. The Morgan fingerprint density at radius 2 is 2.18 bits per heavy atom. The lowest BCUT2D eigenvalue weighted by Gasteiger charge is -1.94. The molecule has 1 heterocycles. The average molecular weight is 144 g/mol. The summed E-state index contributed by atoms with van der Waals surface area (Å²) < 4.78 is 5.26. The van der Waals surface area contributed by atoms with Gasteiger partial charge in [0.1, 0.15) is 5.58 Å². The molecule has 0 amide bonds. The van der Waals surface area contributed by atoms with Crippen LogP contribution in [0, 0.1) is 0 Å². The van der Waals surface area contributed by atoms with Crippen molar-refractivity contribution in [2.24, 2.45) is 0 Å². The molecule has 2 aromatic rings. The molecule has 0 atom stereocenters. The molecular weight excluding hydrogens is 135 g/mol. The van der Waals surface area contributed by atoms with E-state index >= 15 is 0 Å². The topological polar surface area (TPSA) is 13.1 Å². The van der Waals surface area contributed by atoms with E-state index in [1.165, 1.54) is 10.8 Å². The van der Waals surface area contributed by atoms with Gasteiger partial charge in [0.15, 0.2) is 7.28 Å². The van der Waals surface area contributed by atoms with Crippen molar-refractivity contribution >= 4 is 23.7 Å². The van der Waals surface area contributed by atoms with Crippen LogP contribution in [0.5, 0.6) is 0 Å². The van der Waals surface area contributed by atoms with Crippen LogP contribution in [0.4, 0.5) is 0 Å². The second kappa shape index (κ2) is 2.46. The van der Waals surface area contributed by atoms with Gasteiger partial charge in [-0.05, 0) is 12.1 Å². The Balaban J connectivity index is 2.79. The van der Waals surface area contributed by atoms with Crippen LogP contribution in [0.3, 0.4) is 0 Å². The minimum absolute atomic E-state index is 0.990. The van der Waals surface area contributed by atoms with E-state index in [-0.39, 0.29) is 0 Å². The Kier molecular flexibility index (Phi) is 1.46. The summed E-state index contributed by atoms with van der Waals surface area (Å²) in [6.07, 6.45) is 1.74. The first kappa shape index (κ1) is 6.53. The Morgan fingerprint density at radius 3 is 3.00 bits per heavy atom. The van der Waals surface area contributed by atoms with E-state index in [1.807, 2.05) is 18.2 Å². The van der Waals surface area contributed by atoms with E-state index in [1.54, 1.807) is 6.26 Å². The van der Waals surface area contributed by atoms with Crippen LogP contribution >= 0.6 is 0 Å². The third-order valence-electron chi connectivity index (χ3n) is 1.97. The molecule has 0 saturated carbocycles. The van der Waals surface area contributed by atoms with Crippen LogP contribution in [0.1, 0.15) is 0 Å². The maximum absolute atomic E-state index is 5.26. The van der Waals surface area contributed by atoms with Crippen molar-refractivity contribution in [3.05, 3.63) is 30.5 Å². The van der Waals surface area contributed by atoms with Gasteiger partial charge in [0, 0.05) is 5.39 Å². The van der Waals surface area contributed by atoms with Crippen LogP contribution in [-0.4, -0.2) is 7.28 Å². The fourth-order valence-corrected chi connectivity index (χ4v) is 1.37. The molecule has 0 aliphatic rings. The molecule has 0 aliphatic heterocycles. The normalized spacial score (nSPS) is 10.3. The van der Waals surface area contributed by atoms with Gasteiger partial charge in [-0.2, -0.15) is 0 Å². The first-order valence-corrected chi connectivity index (χ1v) is 3.87. The lowest BCUT2D eigenvalue weighted by Crippen LogP contribution is -2.09. The van der Waals surface area contributed by atoms with Gasteiger partial charge >= 0.3 is 0 Å². The van der Waals surface area contributed by atoms with Crippen LogP contribution < -0.4 is 5.46 Å². The van der Waals surface area contributed by atoms with Gasteiger partial charge in [0.2, 0.25) is 0 Å². The highest BCUT2D eigenvalue weighted by Gasteiger charge is 1.99. The second-order valence-electron chi connectivity index (χ2n) is 2.60. The molecule has 2 heteroatoms. The van der Waals surface area contributed by atoms with Gasteiger partial charge < -0.3 is 4.42 Å². The van der Waals surface area contributed by atoms with Gasteiger partial charge in [-0.15, -0.1) is 0 Å². The van der Waals surface area contributed by atoms with E-state index in [0.29, 0.717) is 0 Å². The molecule has 1 nitrogen and oxygen atoms in total. The molecule has 0 aliphatic carbocycles. The summed E-state index contributed by atoms with van der Waals surface area (Å²) in [7, 11) is 1.07. The van der Waals surface area contributed by atoms with Gasteiger partial charge in [-0.3, -0.25) is 0 Å². The summed E-state index contributed by atoms with van der Waals surface area (Å²) >= 11 is 0. The predicted octanol–water partition coefficient (Wildman–Crippen LogP) is 1.54. The van der Waals surface area contributed by atoms with E-state index in [4.69, 9.17) is 4.42 Å². The van der Waals surface area contributed by atoms with Crippen molar-refractivity contribution in [1.29, 1.82) is 0 Å². The number of benzene rings is 1. The Bertz CT molecular complexity index is 364. The second-order valence-corrected chi connectivity index (χ2v) is 2.60. The highest BCUT2D eigenvalue weighted by Crippen LogP contribution is 2.11. The number of fused-ring (bicyclic) bond motifs is 1. The molecule has 0 fully saturated rings. The minimum Gasteiger partial charge on any atom is -0.464 e. The van der Waals surface area contributed by atoms with Gasteiger partial charge in [0.05, 0.1) is 6.26 Å². The standard InChI is InChI=1S/C9H9BO/c1-10-8-3-2-4-9-7(8)5-6-11-9/h2-6,10H,1H3. The quantitative estimate of drug-likeness (QED) is 0.553. The highest BCUT2D eigenvalue weighted by atomic mass is 16.3. The fraction of sp³-hybridized carbons (Fsp3) is 0.111. The monoisotopic (exact) mass is 144 g/mol. The van der Waals surface area contributed by atoms with Crippen molar-refractivity contribution in [2.75, 3.05) is 0 Å². The molecule has 0 unspecified atom stereocenters. The van der Waals surface area contributed by atoms with Gasteiger partial charge in [-0.25, -0.2) is 0 Å². The van der Waals surface area contributed by atoms with E-state index in [2.05, 4.69) is 12.9 Å². The Morgan fingerprint density at radius 1 is 1.27 bits per heavy atom. The zero-order chi connectivity index (χ0) is 7.68. The first-order chi connectivity index (χ1) is 5.42. The number of furan rings is 1. The summed E-state index contributed by atoms with van der Waals surface area (Å²) in [4.78, 5) is 0. The molecule has 0 spiro atoms. The largest absolute Gasteiger partial charge is 0.464 e. The predicted molar refractivity (Wildman–Crippen MR) is 48.9 cm³/mol. The number of hydrogen-bond acceptors (Lipinski definition) is 1. The third-order valence-corrected chi connectivity index (χ3v) is 1.97. The minimum atomic E-state index is 0.990. The summed E-state index contributed by atoms with van der Waals surface area (Å²) in [5.74, 6) is 0. The molecule has 54 valence electrons. The summed E-state index contributed by atoms with van der Waals surface area (Å²) in [6.45, 7) is 2.15. The van der Waals surface area contributed by atoms with E-state index in [9.17, 15) is 0 Å². The molecule has 0 radical (unpaired) electrons.